The molecule has 1 saturated heterocycles. The molecular weight excluding hydrogens is 256 g/mol. The smallest absolute Gasteiger partial charge is 0.294 e. The molecule has 4 N–H and O–H groups in total. The van der Waals surface area contributed by atoms with E-state index in [9.17, 15) is 13.2 Å². The fourth-order valence-electron chi connectivity index (χ4n) is 1.24. The van der Waals surface area contributed by atoms with E-state index in [0.29, 0.717) is 0 Å². The average molecular weight is 272 g/mol. The monoisotopic (exact) mass is 272 g/mol. The summed E-state index contributed by atoms with van der Waals surface area (Å²) in [6.07, 6.45) is 0.912. The maximum absolute atomic E-state index is 10.5. The lowest BCUT2D eigenvalue weighted by atomic mass is 10.1. The number of carbonyl (C=O) groups is 1. The molecular formula is C11H16N2O4S. The average Bonchev–Trinajstić information content (AvgIpc) is 2.13. The van der Waals surface area contributed by atoms with Crippen molar-refractivity contribution >= 4 is 16.0 Å². The van der Waals surface area contributed by atoms with Gasteiger partial charge in [-0.3, -0.25) is 9.35 Å². The molecule has 0 aliphatic carbocycles. The van der Waals surface area contributed by atoms with Crippen molar-refractivity contribution in [1.82, 2.24) is 5.32 Å². The number of rotatable bonds is 2. The molecule has 6 nitrogen and oxygen atoms in total. The molecule has 1 heterocycles. The fourth-order valence-corrected chi connectivity index (χ4v) is 1.72. The van der Waals surface area contributed by atoms with Crippen molar-refractivity contribution in [3.05, 3.63) is 29.8 Å². The standard InChI is InChI=1S/C7H8O3S.C4H8N2O/c1-6-2-4-7(5-3-6)11(8,9)10;5-4(7)3-1-2-6-3/h2-5H,1H3,(H,8,9,10);3,6H,1-2H2,(H2,5,7)/t;3-/m.0/s1. The molecule has 1 aromatic rings. The number of carbonyl (C=O) groups excluding carboxylic acids is 1. The quantitative estimate of drug-likeness (QED) is 0.660. The van der Waals surface area contributed by atoms with Crippen molar-refractivity contribution in [2.75, 3.05) is 6.54 Å². The molecule has 0 unspecified atom stereocenters. The van der Waals surface area contributed by atoms with Crippen LogP contribution in [0.1, 0.15) is 12.0 Å². The van der Waals surface area contributed by atoms with Gasteiger partial charge >= 0.3 is 0 Å². The van der Waals surface area contributed by atoms with Crippen LogP contribution in [0.3, 0.4) is 0 Å². The third kappa shape index (κ3) is 4.44. The van der Waals surface area contributed by atoms with E-state index in [0.717, 1.165) is 18.5 Å². The molecule has 1 aliphatic rings. The Morgan fingerprint density at radius 2 is 1.89 bits per heavy atom. The SMILES string of the molecule is Cc1ccc(S(=O)(=O)O)cc1.NC(=O)[C@@H]1CCN1. The Labute approximate surface area is 106 Å². The molecule has 1 aliphatic heterocycles. The van der Waals surface area contributed by atoms with Gasteiger partial charge in [0.25, 0.3) is 10.1 Å². The Kier molecular flexibility index (Phi) is 4.83. The summed E-state index contributed by atoms with van der Waals surface area (Å²) in [7, 11) is -4.02. The molecule has 1 fully saturated rings. The normalized spacial score (nSPS) is 18.2. The van der Waals surface area contributed by atoms with Crippen molar-refractivity contribution in [2.24, 2.45) is 5.73 Å². The van der Waals surface area contributed by atoms with Crippen LogP contribution in [-0.4, -0.2) is 31.5 Å². The zero-order chi connectivity index (χ0) is 13.8. The van der Waals surface area contributed by atoms with Gasteiger partial charge in [0.2, 0.25) is 5.91 Å². The number of aryl methyl sites for hydroxylation is 1. The van der Waals surface area contributed by atoms with Gasteiger partial charge in [-0.15, -0.1) is 0 Å². The number of primary amides is 1. The van der Waals surface area contributed by atoms with Crippen molar-refractivity contribution in [1.29, 1.82) is 0 Å². The van der Waals surface area contributed by atoms with Crippen LogP contribution in [0.15, 0.2) is 29.2 Å². The second kappa shape index (κ2) is 5.94. The van der Waals surface area contributed by atoms with E-state index in [1.165, 1.54) is 12.1 Å². The number of benzene rings is 1. The minimum Gasteiger partial charge on any atom is -0.368 e. The van der Waals surface area contributed by atoms with Crippen molar-refractivity contribution in [3.63, 3.8) is 0 Å². The predicted molar refractivity (Wildman–Crippen MR) is 66.6 cm³/mol. The van der Waals surface area contributed by atoms with Crippen LogP contribution in [0.5, 0.6) is 0 Å². The van der Waals surface area contributed by atoms with Gasteiger partial charge in [-0.2, -0.15) is 8.42 Å². The van der Waals surface area contributed by atoms with E-state index in [2.05, 4.69) is 5.32 Å². The first-order chi connectivity index (χ1) is 8.30. The van der Waals surface area contributed by atoms with Crippen molar-refractivity contribution in [3.8, 4) is 0 Å². The predicted octanol–water partition coefficient (Wildman–Crippen LogP) is 0.0753. The highest BCUT2D eigenvalue weighted by atomic mass is 32.2. The van der Waals surface area contributed by atoms with Crippen LogP contribution >= 0.6 is 0 Å². The van der Waals surface area contributed by atoms with Gasteiger partial charge in [0, 0.05) is 0 Å². The van der Waals surface area contributed by atoms with Crippen LogP contribution in [0.25, 0.3) is 0 Å². The Morgan fingerprint density at radius 3 is 2.11 bits per heavy atom. The van der Waals surface area contributed by atoms with Crippen LogP contribution in [0.4, 0.5) is 0 Å². The molecule has 0 spiro atoms. The van der Waals surface area contributed by atoms with Gasteiger partial charge in [-0.25, -0.2) is 0 Å². The number of hydrogen-bond donors (Lipinski definition) is 3. The summed E-state index contributed by atoms with van der Waals surface area (Å²) in [5.74, 6) is -0.230. The van der Waals surface area contributed by atoms with Gasteiger partial charge in [0.15, 0.2) is 0 Å². The highest BCUT2D eigenvalue weighted by molar-refractivity contribution is 7.85. The maximum atomic E-state index is 10.5. The second-order valence-electron chi connectivity index (χ2n) is 3.99. The molecule has 18 heavy (non-hydrogen) atoms. The summed E-state index contributed by atoms with van der Waals surface area (Å²) in [6.45, 7) is 2.78. The van der Waals surface area contributed by atoms with Gasteiger partial charge in [-0.05, 0) is 32.0 Å². The van der Waals surface area contributed by atoms with Gasteiger partial charge in [0.05, 0.1) is 10.9 Å². The van der Waals surface area contributed by atoms with E-state index < -0.39 is 10.1 Å². The van der Waals surface area contributed by atoms with Crippen LogP contribution in [0.2, 0.25) is 0 Å². The first-order valence-electron chi connectivity index (χ1n) is 5.37. The molecule has 100 valence electrons. The van der Waals surface area contributed by atoms with Crippen molar-refractivity contribution in [2.45, 2.75) is 24.3 Å². The number of amides is 1. The summed E-state index contributed by atoms with van der Waals surface area (Å²) in [6, 6.07) is 5.96. The molecule has 0 radical (unpaired) electrons. The van der Waals surface area contributed by atoms with E-state index in [1.807, 2.05) is 6.92 Å². The summed E-state index contributed by atoms with van der Waals surface area (Å²) in [5.41, 5.74) is 5.85. The zero-order valence-corrected chi connectivity index (χ0v) is 10.8. The summed E-state index contributed by atoms with van der Waals surface area (Å²) in [5, 5.41) is 2.87. The highest BCUT2D eigenvalue weighted by Crippen LogP contribution is 2.08. The Balaban J connectivity index is 0.000000199. The largest absolute Gasteiger partial charge is 0.368 e. The third-order valence-electron chi connectivity index (χ3n) is 2.49. The van der Waals surface area contributed by atoms with E-state index in [-0.39, 0.29) is 16.8 Å². The van der Waals surface area contributed by atoms with Crippen LogP contribution < -0.4 is 11.1 Å². The molecule has 0 bridgehead atoms. The molecule has 2 rings (SSSR count). The van der Waals surface area contributed by atoms with E-state index in [4.69, 9.17) is 10.3 Å². The first kappa shape index (κ1) is 14.6. The summed E-state index contributed by atoms with van der Waals surface area (Å²) >= 11 is 0. The van der Waals surface area contributed by atoms with E-state index >= 15 is 0 Å². The zero-order valence-electron chi connectivity index (χ0n) is 9.96. The molecule has 7 heteroatoms. The lowest BCUT2D eigenvalue weighted by Crippen LogP contribution is -2.51. The Bertz CT molecular complexity index is 506. The van der Waals surface area contributed by atoms with Gasteiger partial charge < -0.3 is 11.1 Å². The number of hydrogen-bond acceptors (Lipinski definition) is 4. The lowest BCUT2D eigenvalue weighted by molar-refractivity contribution is -0.121. The Hall–Kier alpha value is -1.44. The molecule has 0 saturated carbocycles. The van der Waals surface area contributed by atoms with Gasteiger partial charge in [0.1, 0.15) is 0 Å². The number of nitrogens with two attached hydrogens (primary N) is 1. The fraction of sp³-hybridized carbons (Fsp3) is 0.364. The summed E-state index contributed by atoms with van der Waals surface area (Å²) in [4.78, 5) is 10.1. The van der Waals surface area contributed by atoms with Crippen molar-refractivity contribution < 1.29 is 17.8 Å². The van der Waals surface area contributed by atoms with Crippen LogP contribution in [-0.2, 0) is 14.9 Å². The lowest BCUT2D eigenvalue weighted by Gasteiger charge is -2.23. The summed E-state index contributed by atoms with van der Waals surface area (Å²) < 4.78 is 29.6. The van der Waals surface area contributed by atoms with Crippen LogP contribution in [0, 0.1) is 6.92 Å². The third-order valence-corrected chi connectivity index (χ3v) is 3.35. The maximum Gasteiger partial charge on any atom is 0.294 e. The highest BCUT2D eigenvalue weighted by Gasteiger charge is 2.20. The minimum absolute atomic E-state index is 0.0278. The first-order valence-corrected chi connectivity index (χ1v) is 6.81. The molecule has 1 amide bonds. The minimum atomic E-state index is -4.02. The number of nitrogens with one attached hydrogen (secondary N) is 1. The second-order valence-corrected chi connectivity index (χ2v) is 5.41. The Morgan fingerprint density at radius 1 is 1.39 bits per heavy atom. The molecule has 1 atom stereocenters. The van der Waals surface area contributed by atoms with Gasteiger partial charge in [-0.1, -0.05) is 17.7 Å². The molecule has 0 aromatic heterocycles. The topological polar surface area (TPSA) is 109 Å². The van der Waals surface area contributed by atoms with E-state index in [1.54, 1.807) is 12.1 Å². The molecule has 1 aromatic carbocycles.